The molecule has 0 spiro atoms. The summed E-state index contributed by atoms with van der Waals surface area (Å²) in [6, 6.07) is 14.0. The molecule has 1 aliphatic heterocycles. The summed E-state index contributed by atoms with van der Waals surface area (Å²) in [5, 5.41) is 3.57. The van der Waals surface area contributed by atoms with Gasteiger partial charge in [-0.1, -0.05) is 45.0 Å². The molecule has 0 saturated carbocycles. The van der Waals surface area contributed by atoms with Crippen LogP contribution in [0.1, 0.15) is 61.7 Å². The second-order valence-electron chi connectivity index (χ2n) is 8.93. The van der Waals surface area contributed by atoms with Gasteiger partial charge in [0.1, 0.15) is 5.75 Å². The lowest BCUT2D eigenvalue weighted by molar-refractivity contribution is 0.104. The van der Waals surface area contributed by atoms with Crippen molar-refractivity contribution in [2.45, 2.75) is 52.0 Å². The lowest BCUT2D eigenvalue weighted by Crippen LogP contribution is -2.44. The van der Waals surface area contributed by atoms with Gasteiger partial charge in [0.2, 0.25) is 0 Å². The first-order valence-electron chi connectivity index (χ1n) is 9.42. The summed E-state index contributed by atoms with van der Waals surface area (Å²) in [7, 11) is 1.59. The number of fused-ring (bicyclic) bond motifs is 1. The van der Waals surface area contributed by atoms with Gasteiger partial charge in [-0.3, -0.25) is 4.79 Å². The Morgan fingerprint density at radius 2 is 1.85 bits per heavy atom. The van der Waals surface area contributed by atoms with Crippen molar-refractivity contribution in [1.82, 2.24) is 5.32 Å². The minimum absolute atomic E-state index is 0.0553. The number of hydrogen-bond acceptors (Lipinski definition) is 3. The number of para-hydroxylation sites is 1. The zero-order chi connectivity index (χ0) is 19.8. The number of nitrogens with one attached hydrogen (secondary N) is 1. The molecule has 0 atom stereocenters. The van der Waals surface area contributed by atoms with Gasteiger partial charge in [0.05, 0.1) is 12.7 Å². The molecule has 0 fully saturated rings. The lowest BCUT2D eigenvalue weighted by atomic mass is 9.80. The van der Waals surface area contributed by atoms with E-state index in [1.165, 1.54) is 11.1 Å². The molecule has 0 saturated heterocycles. The van der Waals surface area contributed by atoms with E-state index in [-0.39, 0.29) is 16.7 Å². The highest BCUT2D eigenvalue weighted by Crippen LogP contribution is 2.34. The zero-order valence-corrected chi connectivity index (χ0v) is 17.1. The van der Waals surface area contributed by atoms with Crippen molar-refractivity contribution < 1.29 is 9.53 Å². The Kier molecular flexibility index (Phi) is 4.90. The third kappa shape index (κ3) is 4.08. The van der Waals surface area contributed by atoms with Crippen molar-refractivity contribution in [3.63, 3.8) is 0 Å². The molecular formula is C24H29NO2. The topological polar surface area (TPSA) is 38.3 Å². The quantitative estimate of drug-likeness (QED) is 0.606. The predicted octanol–water partition coefficient (Wildman–Crippen LogP) is 5.14. The van der Waals surface area contributed by atoms with Crippen LogP contribution in [0.25, 0.3) is 5.70 Å². The third-order valence-electron chi connectivity index (χ3n) is 5.02. The van der Waals surface area contributed by atoms with Gasteiger partial charge in [-0.15, -0.1) is 0 Å². The van der Waals surface area contributed by atoms with Crippen LogP contribution in [-0.4, -0.2) is 18.4 Å². The fourth-order valence-corrected chi connectivity index (χ4v) is 3.57. The summed E-state index contributed by atoms with van der Waals surface area (Å²) in [6.45, 7) is 10.9. The fourth-order valence-electron chi connectivity index (χ4n) is 3.57. The van der Waals surface area contributed by atoms with E-state index >= 15 is 0 Å². The smallest absolute Gasteiger partial charge is 0.191 e. The summed E-state index contributed by atoms with van der Waals surface area (Å²) in [5.74, 6) is 0.540. The van der Waals surface area contributed by atoms with E-state index in [9.17, 15) is 4.79 Å². The minimum atomic E-state index is -0.108. The van der Waals surface area contributed by atoms with Crippen molar-refractivity contribution in [1.29, 1.82) is 0 Å². The first kappa shape index (κ1) is 19.2. The first-order valence-corrected chi connectivity index (χ1v) is 9.42. The van der Waals surface area contributed by atoms with Gasteiger partial charge in [0.15, 0.2) is 5.78 Å². The van der Waals surface area contributed by atoms with Crippen molar-refractivity contribution in [3.05, 3.63) is 70.8 Å². The average molecular weight is 364 g/mol. The number of methoxy groups -OCH3 is 1. The Bertz CT molecular complexity index is 901. The number of allylic oxidation sites excluding steroid dienone is 1. The van der Waals surface area contributed by atoms with Crippen molar-refractivity contribution in [2.24, 2.45) is 0 Å². The van der Waals surface area contributed by atoms with Gasteiger partial charge in [-0.25, -0.2) is 0 Å². The fraction of sp³-hybridized carbons (Fsp3) is 0.375. The molecule has 0 radical (unpaired) electrons. The van der Waals surface area contributed by atoms with E-state index in [1.807, 2.05) is 18.2 Å². The summed E-state index contributed by atoms with van der Waals surface area (Å²) in [6.07, 6.45) is 2.64. The molecule has 2 aromatic rings. The molecule has 1 heterocycles. The van der Waals surface area contributed by atoms with Gasteiger partial charge in [-0.2, -0.15) is 0 Å². The molecule has 3 heteroatoms. The lowest BCUT2D eigenvalue weighted by Gasteiger charge is -2.36. The second-order valence-corrected chi connectivity index (χ2v) is 8.93. The van der Waals surface area contributed by atoms with E-state index in [0.717, 1.165) is 17.7 Å². The average Bonchev–Trinajstić information content (AvgIpc) is 2.59. The van der Waals surface area contributed by atoms with Crippen molar-refractivity contribution in [2.75, 3.05) is 7.11 Å². The predicted molar refractivity (Wildman–Crippen MR) is 111 cm³/mol. The molecule has 0 aliphatic carbocycles. The highest BCUT2D eigenvalue weighted by Gasteiger charge is 2.29. The summed E-state index contributed by atoms with van der Waals surface area (Å²) in [5.41, 5.74) is 5.05. The maximum atomic E-state index is 13.0. The first-order chi connectivity index (χ1) is 12.6. The standard InChI is InChI=1S/C24H29NO2/c1-23(2,3)17-12-11-16-15-24(4,5)25-20(19(16)13-17)14-21(26)18-9-7-8-10-22(18)27-6/h7-14,25H,15H2,1-6H3/b20-14-. The van der Waals surface area contributed by atoms with Crippen LogP contribution in [0, 0.1) is 0 Å². The Morgan fingerprint density at radius 1 is 1.15 bits per heavy atom. The van der Waals surface area contributed by atoms with Gasteiger partial charge in [0, 0.05) is 22.9 Å². The number of rotatable bonds is 3. The largest absolute Gasteiger partial charge is 0.496 e. The van der Waals surface area contributed by atoms with Crippen LogP contribution in [0.5, 0.6) is 5.75 Å². The van der Waals surface area contributed by atoms with Gasteiger partial charge < -0.3 is 10.1 Å². The maximum Gasteiger partial charge on any atom is 0.191 e. The normalized spacial score (nSPS) is 17.2. The number of ether oxygens (including phenoxy) is 1. The van der Waals surface area contributed by atoms with Crippen LogP contribution in [-0.2, 0) is 11.8 Å². The highest BCUT2D eigenvalue weighted by atomic mass is 16.5. The number of benzene rings is 2. The monoisotopic (exact) mass is 363 g/mol. The molecule has 0 bridgehead atoms. The molecule has 0 amide bonds. The zero-order valence-electron chi connectivity index (χ0n) is 17.1. The molecule has 3 nitrogen and oxygen atoms in total. The van der Waals surface area contributed by atoms with E-state index in [0.29, 0.717) is 11.3 Å². The van der Waals surface area contributed by atoms with E-state index in [2.05, 4.69) is 58.1 Å². The van der Waals surface area contributed by atoms with Crippen molar-refractivity contribution >= 4 is 11.5 Å². The molecule has 2 aromatic carbocycles. The molecule has 1 N–H and O–H groups in total. The molecule has 0 aromatic heterocycles. The maximum absolute atomic E-state index is 13.0. The Labute approximate surface area is 162 Å². The minimum Gasteiger partial charge on any atom is -0.496 e. The van der Waals surface area contributed by atoms with Crippen LogP contribution in [0.2, 0.25) is 0 Å². The summed E-state index contributed by atoms with van der Waals surface area (Å²) in [4.78, 5) is 13.0. The van der Waals surface area contributed by atoms with E-state index in [4.69, 9.17) is 4.74 Å². The van der Waals surface area contributed by atoms with Crippen LogP contribution in [0.15, 0.2) is 48.5 Å². The molecule has 0 unspecified atom stereocenters. The number of hydrogen-bond donors (Lipinski definition) is 1. The number of carbonyl (C=O) groups is 1. The Morgan fingerprint density at radius 3 is 2.52 bits per heavy atom. The Balaban J connectivity index is 2.10. The van der Waals surface area contributed by atoms with Crippen LogP contribution in [0.4, 0.5) is 0 Å². The van der Waals surface area contributed by atoms with Gasteiger partial charge in [-0.05, 0) is 55.0 Å². The molecule has 1 aliphatic rings. The van der Waals surface area contributed by atoms with Gasteiger partial charge in [0.25, 0.3) is 0 Å². The molecule has 27 heavy (non-hydrogen) atoms. The van der Waals surface area contributed by atoms with Crippen LogP contribution >= 0.6 is 0 Å². The van der Waals surface area contributed by atoms with Crippen LogP contribution in [0.3, 0.4) is 0 Å². The third-order valence-corrected chi connectivity index (χ3v) is 5.02. The van der Waals surface area contributed by atoms with Crippen LogP contribution < -0.4 is 10.1 Å². The molecular weight excluding hydrogens is 334 g/mol. The summed E-state index contributed by atoms with van der Waals surface area (Å²) < 4.78 is 5.36. The van der Waals surface area contributed by atoms with Gasteiger partial charge >= 0.3 is 0 Å². The summed E-state index contributed by atoms with van der Waals surface area (Å²) >= 11 is 0. The van der Waals surface area contributed by atoms with Crippen molar-refractivity contribution in [3.8, 4) is 5.75 Å². The SMILES string of the molecule is COc1ccccc1C(=O)/C=C1\NC(C)(C)Cc2ccc(C(C)(C)C)cc21. The Hall–Kier alpha value is -2.55. The van der Waals surface area contributed by atoms with E-state index < -0.39 is 0 Å². The molecule has 3 rings (SSSR count). The second kappa shape index (κ2) is 6.88. The molecule has 142 valence electrons. The van der Waals surface area contributed by atoms with E-state index in [1.54, 1.807) is 19.3 Å². The number of ketones is 1. The number of carbonyl (C=O) groups excluding carboxylic acids is 1. The highest BCUT2D eigenvalue weighted by molar-refractivity contribution is 6.10.